The summed E-state index contributed by atoms with van der Waals surface area (Å²) in [4.78, 5) is 11.7. The number of hydrogen-bond acceptors (Lipinski definition) is 2. The van der Waals surface area contributed by atoms with Crippen LogP contribution in [-0.4, -0.2) is 25.7 Å². The van der Waals surface area contributed by atoms with Gasteiger partial charge in [0.2, 0.25) is 0 Å². The van der Waals surface area contributed by atoms with Gasteiger partial charge < -0.3 is 15.4 Å². The van der Waals surface area contributed by atoms with Crippen molar-refractivity contribution in [3.05, 3.63) is 39.9 Å². The van der Waals surface area contributed by atoms with E-state index in [1.54, 1.807) is 0 Å². The summed E-state index contributed by atoms with van der Waals surface area (Å²) in [6.07, 6.45) is 8.20. The van der Waals surface area contributed by atoms with Crippen LogP contribution in [0.5, 0.6) is 5.75 Å². The summed E-state index contributed by atoms with van der Waals surface area (Å²) in [5.41, 5.74) is 3.46. The van der Waals surface area contributed by atoms with E-state index in [0.29, 0.717) is 19.7 Å². The molecule has 4 nitrogen and oxygen atoms in total. The number of aryl methyl sites for hydroxylation is 2. The molecule has 0 saturated carbocycles. The largest absolute Gasteiger partial charge is 0.492 e. The van der Waals surface area contributed by atoms with Crippen LogP contribution in [0.1, 0.15) is 43.2 Å². The number of amides is 2. The van der Waals surface area contributed by atoms with E-state index in [1.165, 1.54) is 31.3 Å². The van der Waals surface area contributed by atoms with Gasteiger partial charge in [0.05, 0.1) is 6.54 Å². The number of allylic oxidation sites excluding steroid dienone is 1. The van der Waals surface area contributed by atoms with Gasteiger partial charge in [0.1, 0.15) is 12.4 Å². The van der Waals surface area contributed by atoms with Gasteiger partial charge in [0, 0.05) is 11.6 Å². The third-order valence-electron chi connectivity index (χ3n) is 4.18. The summed E-state index contributed by atoms with van der Waals surface area (Å²) >= 11 is 6.13. The molecule has 0 aliphatic heterocycles. The number of urea groups is 1. The molecule has 2 rings (SSSR count). The number of benzene rings is 1. The fraction of sp³-hybridized carbons (Fsp3) is 0.526. The predicted octanol–water partition coefficient (Wildman–Crippen LogP) is 4.53. The topological polar surface area (TPSA) is 50.4 Å². The van der Waals surface area contributed by atoms with Crippen molar-refractivity contribution in [2.24, 2.45) is 0 Å². The van der Waals surface area contributed by atoms with Gasteiger partial charge in [-0.1, -0.05) is 23.3 Å². The van der Waals surface area contributed by atoms with Gasteiger partial charge in [-0.3, -0.25) is 0 Å². The first-order chi connectivity index (χ1) is 11.6. The Morgan fingerprint density at radius 3 is 2.54 bits per heavy atom. The van der Waals surface area contributed by atoms with Gasteiger partial charge in [-0.2, -0.15) is 0 Å². The zero-order valence-electron chi connectivity index (χ0n) is 14.6. The van der Waals surface area contributed by atoms with Crippen molar-refractivity contribution in [3.63, 3.8) is 0 Å². The molecule has 0 aromatic heterocycles. The second-order valence-corrected chi connectivity index (χ2v) is 6.64. The van der Waals surface area contributed by atoms with Crippen LogP contribution >= 0.6 is 11.6 Å². The van der Waals surface area contributed by atoms with Crippen LogP contribution in [0, 0.1) is 13.8 Å². The van der Waals surface area contributed by atoms with Crippen molar-refractivity contribution in [2.45, 2.75) is 46.0 Å². The van der Waals surface area contributed by atoms with Gasteiger partial charge in [-0.25, -0.2) is 4.79 Å². The van der Waals surface area contributed by atoms with E-state index in [0.717, 1.165) is 28.3 Å². The molecule has 1 aliphatic carbocycles. The molecule has 5 heteroatoms. The van der Waals surface area contributed by atoms with Crippen LogP contribution in [0.4, 0.5) is 4.79 Å². The molecule has 2 N–H and O–H groups in total. The van der Waals surface area contributed by atoms with Gasteiger partial charge in [0.15, 0.2) is 0 Å². The number of nitrogens with one attached hydrogen (secondary N) is 2. The van der Waals surface area contributed by atoms with E-state index in [4.69, 9.17) is 16.3 Å². The van der Waals surface area contributed by atoms with Crippen molar-refractivity contribution in [1.29, 1.82) is 0 Å². The molecule has 0 heterocycles. The summed E-state index contributed by atoms with van der Waals surface area (Å²) in [7, 11) is 0. The zero-order chi connectivity index (χ0) is 17.4. The lowest BCUT2D eigenvalue weighted by Gasteiger charge is -2.13. The van der Waals surface area contributed by atoms with Crippen LogP contribution in [0.25, 0.3) is 0 Å². The number of hydrogen-bond donors (Lipinski definition) is 2. The Hall–Kier alpha value is -1.68. The van der Waals surface area contributed by atoms with Gasteiger partial charge in [0.25, 0.3) is 0 Å². The Balaban J connectivity index is 1.60. The highest BCUT2D eigenvalue weighted by Gasteiger charge is 2.06. The summed E-state index contributed by atoms with van der Waals surface area (Å²) in [6.45, 7) is 5.49. The fourth-order valence-corrected chi connectivity index (χ4v) is 2.96. The molecule has 0 bridgehead atoms. The molecule has 24 heavy (non-hydrogen) atoms. The maximum atomic E-state index is 11.7. The molecule has 0 fully saturated rings. The normalized spacial score (nSPS) is 14.0. The lowest BCUT2D eigenvalue weighted by atomic mass is 9.97. The Morgan fingerprint density at radius 2 is 1.88 bits per heavy atom. The Bertz CT molecular complexity index is 576. The fourth-order valence-electron chi connectivity index (χ4n) is 2.85. The van der Waals surface area contributed by atoms with E-state index < -0.39 is 0 Å². The van der Waals surface area contributed by atoms with Crippen molar-refractivity contribution in [1.82, 2.24) is 10.6 Å². The molecule has 1 aromatic rings. The maximum Gasteiger partial charge on any atom is 0.314 e. The average molecular weight is 351 g/mol. The third-order valence-corrected chi connectivity index (χ3v) is 4.78. The minimum absolute atomic E-state index is 0.140. The molecule has 1 aromatic carbocycles. The van der Waals surface area contributed by atoms with E-state index in [-0.39, 0.29) is 6.03 Å². The minimum atomic E-state index is -0.140. The highest BCUT2D eigenvalue weighted by Crippen LogP contribution is 2.25. The number of carbonyl (C=O) groups excluding carboxylic acids is 1. The highest BCUT2D eigenvalue weighted by molar-refractivity contribution is 6.32. The lowest BCUT2D eigenvalue weighted by Crippen LogP contribution is -2.38. The first-order valence-corrected chi connectivity index (χ1v) is 9.03. The van der Waals surface area contributed by atoms with E-state index >= 15 is 0 Å². The van der Waals surface area contributed by atoms with Crippen LogP contribution < -0.4 is 15.4 Å². The summed E-state index contributed by atoms with van der Waals surface area (Å²) in [5.74, 6) is 0.779. The Labute approximate surface area is 149 Å². The van der Waals surface area contributed by atoms with Crippen LogP contribution in [-0.2, 0) is 0 Å². The van der Waals surface area contributed by atoms with Gasteiger partial charge >= 0.3 is 6.03 Å². The smallest absolute Gasteiger partial charge is 0.314 e. The second kappa shape index (κ2) is 9.58. The molecule has 0 atom stereocenters. The van der Waals surface area contributed by atoms with Gasteiger partial charge in [-0.05, 0) is 69.2 Å². The molecule has 0 saturated heterocycles. The number of ether oxygens (including phenoxy) is 1. The molecule has 0 unspecified atom stereocenters. The number of carbonyl (C=O) groups is 1. The molecule has 132 valence electrons. The SMILES string of the molecule is Cc1cc(OCCNC(=O)NCCC2=CCCCC2)cc(C)c1Cl. The van der Waals surface area contributed by atoms with Crippen LogP contribution in [0.15, 0.2) is 23.8 Å². The van der Waals surface area contributed by atoms with Crippen LogP contribution in [0.3, 0.4) is 0 Å². The molecule has 2 amide bonds. The van der Waals surface area contributed by atoms with E-state index in [2.05, 4.69) is 16.7 Å². The molecular weight excluding hydrogens is 324 g/mol. The van der Waals surface area contributed by atoms with Crippen molar-refractivity contribution >= 4 is 17.6 Å². The quantitative estimate of drug-likeness (QED) is 0.561. The third kappa shape index (κ3) is 6.08. The Kier molecular flexibility index (Phi) is 7.44. The average Bonchev–Trinajstić information content (AvgIpc) is 2.57. The van der Waals surface area contributed by atoms with Crippen molar-refractivity contribution < 1.29 is 9.53 Å². The van der Waals surface area contributed by atoms with Crippen molar-refractivity contribution in [2.75, 3.05) is 19.7 Å². The zero-order valence-corrected chi connectivity index (χ0v) is 15.3. The summed E-state index contributed by atoms with van der Waals surface area (Å²) in [6, 6.07) is 3.68. The second-order valence-electron chi connectivity index (χ2n) is 6.26. The summed E-state index contributed by atoms with van der Waals surface area (Å²) < 4.78 is 5.66. The number of halogens is 1. The molecule has 0 spiro atoms. The predicted molar refractivity (Wildman–Crippen MR) is 99.0 cm³/mol. The van der Waals surface area contributed by atoms with Crippen molar-refractivity contribution in [3.8, 4) is 5.75 Å². The Morgan fingerprint density at radius 1 is 1.17 bits per heavy atom. The molecular formula is C19H27ClN2O2. The van der Waals surface area contributed by atoms with Crippen LogP contribution in [0.2, 0.25) is 5.02 Å². The maximum absolute atomic E-state index is 11.7. The standard InChI is InChI=1S/C19H27ClN2O2/c1-14-12-17(13-15(2)18(14)20)24-11-10-22-19(23)21-9-8-16-6-4-3-5-7-16/h6,12-13H,3-5,7-11H2,1-2H3,(H2,21,22,23). The van der Waals surface area contributed by atoms with E-state index in [1.807, 2.05) is 26.0 Å². The first kappa shape index (κ1) is 18.7. The lowest BCUT2D eigenvalue weighted by molar-refractivity contribution is 0.236. The molecule has 1 aliphatic rings. The van der Waals surface area contributed by atoms with Gasteiger partial charge in [-0.15, -0.1) is 0 Å². The highest BCUT2D eigenvalue weighted by atomic mass is 35.5. The molecule has 0 radical (unpaired) electrons. The van der Waals surface area contributed by atoms with E-state index in [9.17, 15) is 4.79 Å². The number of rotatable bonds is 7. The minimum Gasteiger partial charge on any atom is -0.492 e. The monoisotopic (exact) mass is 350 g/mol. The first-order valence-electron chi connectivity index (χ1n) is 8.65. The summed E-state index contributed by atoms with van der Waals surface area (Å²) in [5, 5.41) is 6.47.